The maximum absolute atomic E-state index is 5.54. The van der Waals surface area contributed by atoms with Gasteiger partial charge in [-0.05, 0) is 12.3 Å². The molecule has 14 heavy (non-hydrogen) atoms. The van der Waals surface area contributed by atoms with Gasteiger partial charge in [-0.1, -0.05) is 13.8 Å². The predicted octanol–water partition coefficient (Wildman–Crippen LogP) is 2.08. The van der Waals surface area contributed by atoms with Crippen LogP contribution in [0.15, 0.2) is 6.20 Å². The number of aromatic nitrogens is 1. The van der Waals surface area contributed by atoms with Gasteiger partial charge >= 0.3 is 0 Å². The van der Waals surface area contributed by atoms with E-state index in [1.807, 2.05) is 6.20 Å². The van der Waals surface area contributed by atoms with E-state index in [-0.39, 0.29) is 0 Å². The number of thiazole rings is 1. The van der Waals surface area contributed by atoms with Gasteiger partial charge in [0.05, 0.1) is 0 Å². The van der Waals surface area contributed by atoms with Crippen LogP contribution in [0.2, 0.25) is 0 Å². The van der Waals surface area contributed by atoms with Crippen LogP contribution in [0.25, 0.3) is 0 Å². The molecule has 1 heterocycles. The summed E-state index contributed by atoms with van der Waals surface area (Å²) in [6.45, 7) is 6.13. The molecule has 0 aliphatic carbocycles. The van der Waals surface area contributed by atoms with Crippen LogP contribution in [0.4, 0.5) is 5.13 Å². The lowest BCUT2D eigenvalue weighted by molar-refractivity contribution is 0.585. The summed E-state index contributed by atoms with van der Waals surface area (Å²) >= 11 is 1.68. The summed E-state index contributed by atoms with van der Waals surface area (Å²) in [5.74, 6) is 0.742. The van der Waals surface area contributed by atoms with Crippen LogP contribution in [0.5, 0.6) is 0 Å². The fourth-order valence-corrected chi connectivity index (χ4v) is 1.89. The zero-order chi connectivity index (χ0) is 10.6. The fourth-order valence-electron chi connectivity index (χ4n) is 1.12. The van der Waals surface area contributed by atoms with E-state index in [2.05, 4.69) is 30.8 Å². The maximum atomic E-state index is 5.54. The molecule has 0 bridgehead atoms. The average molecular weight is 213 g/mol. The number of anilines is 1. The second-order valence-electron chi connectivity index (χ2n) is 3.92. The van der Waals surface area contributed by atoms with E-state index in [1.54, 1.807) is 11.3 Å². The highest BCUT2D eigenvalue weighted by Gasteiger charge is 2.06. The van der Waals surface area contributed by atoms with Gasteiger partial charge in [-0.2, -0.15) is 0 Å². The van der Waals surface area contributed by atoms with Crippen LogP contribution < -0.4 is 10.6 Å². The van der Waals surface area contributed by atoms with E-state index < -0.39 is 0 Å². The summed E-state index contributed by atoms with van der Waals surface area (Å²) in [5, 5.41) is 1.08. The molecule has 1 aromatic heterocycles. The molecule has 0 aliphatic heterocycles. The van der Waals surface area contributed by atoms with Crippen molar-refractivity contribution in [2.24, 2.45) is 11.7 Å². The minimum absolute atomic E-state index is 0.593. The molecule has 3 nitrogen and oxygen atoms in total. The number of nitrogens with two attached hydrogens (primary N) is 1. The van der Waals surface area contributed by atoms with Gasteiger partial charge in [-0.15, -0.1) is 11.3 Å². The molecule has 0 atom stereocenters. The molecular weight excluding hydrogens is 194 g/mol. The van der Waals surface area contributed by atoms with Crippen molar-refractivity contribution in [3.63, 3.8) is 0 Å². The number of rotatable bonds is 5. The number of hydrogen-bond acceptors (Lipinski definition) is 4. The van der Waals surface area contributed by atoms with Crippen LogP contribution in [0.1, 0.15) is 25.1 Å². The maximum Gasteiger partial charge on any atom is 0.185 e. The second kappa shape index (κ2) is 5.32. The van der Waals surface area contributed by atoms with E-state index in [4.69, 9.17) is 5.73 Å². The Kier molecular flexibility index (Phi) is 4.35. The molecule has 0 spiro atoms. The SMILES string of the molecule is CC(C)CCN(C)c1ncc(CN)s1. The zero-order valence-electron chi connectivity index (χ0n) is 9.16. The molecule has 0 aromatic carbocycles. The predicted molar refractivity (Wildman–Crippen MR) is 62.7 cm³/mol. The Morgan fingerprint density at radius 1 is 1.57 bits per heavy atom. The summed E-state index contributed by atoms with van der Waals surface area (Å²) in [5.41, 5.74) is 5.54. The Morgan fingerprint density at radius 2 is 2.29 bits per heavy atom. The molecule has 4 heteroatoms. The van der Waals surface area contributed by atoms with Crippen molar-refractivity contribution < 1.29 is 0 Å². The molecule has 1 aromatic rings. The van der Waals surface area contributed by atoms with Gasteiger partial charge in [0.2, 0.25) is 0 Å². The lowest BCUT2D eigenvalue weighted by Crippen LogP contribution is -2.19. The van der Waals surface area contributed by atoms with Crippen molar-refractivity contribution in [1.29, 1.82) is 0 Å². The number of hydrogen-bond donors (Lipinski definition) is 1. The van der Waals surface area contributed by atoms with Crippen LogP contribution in [0, 0.1) is 5.92 Å². The van der Waals surface area contributed by atoms with Crippen molar-refractivity contribution in [3.8, 4) is 0 Å². The molecule has 0 amide bonds. The first-order valence-electron chi connectivity index (χ1n) is 4.99. The van der Waals surface area contributed by atoms with Gasteiger partial charge in [0.15, 0.2) is 5.13 Å². The highest BCUT2D eigenvalue weighted by molar-refractivity contribution is 7.15. The highest BCUT2D eigenvalue weighted by Crippen LogP contribution is 2.21. The molecule has 0 saturated heterocycles. The van der Waals surface area contributed by atoms with Crippen molar-refractivity contribution in [3.05, 3.63) is 11.1 Å². The smallest absolute Gasteiger partial charge is 0.185 e. The Hall–Kier alpha value is -0.610. The minimum atomic E-state index is 0.593. The summed E-state index contributed by atoms with van der Waals surface area (Å²) in [6.07, 6.45) is 3.07. The van der Waals surface area contributed by atoms with Crippen LogP contribution in [-0.4, -0.2) is 18.6 Å². The van der Waals surface area contributed by atoms with Gasteiger partial charge in [0, 0.05) is 31.2 Å². The van der Waals surface area contributed by atoms with E-state index >= 15 is 0 Å². The molecule has 1 rings (SSSR count). The van der Waals surface area contributed by atoms with Crippen molar-refractivity contribution in [2.45, 2.75) is 26.8 Å². The van der Waals surface area contributed by atoms with E-state index in [9.17, 15) is 0 Å². The molecule has 0 fully saturated rings. The van der Waals surface area contributed by atoms with Crippen LogP contribution >= 0.6 is 11.3 Å². The molecule has 80 valence electrons. The molecule has 0 unspecified atom stereocenters. The Morgan fingerprint density at radius 3 is 2.79 bits per heavy atom. The standard InChI is InChI=1S/C10H19N3S/c1-8(2)4-5-13(3)10-12-7-9(6-11)14-10/h7-8H,4-6,11H2,1-3H3. The Labute approximate surface area is 89.9 Å². The second-order valence-corrected chi connectivity index (χ2v) is 5.01. The highest BCUT2D eigenvalue weighted by atomic mass is 32.1. The van der Waals surface area contributed by atoms with Gasteiger partial charge in [-0.3, -0.25) is 0 Å². The summed E-state index contributed by atoms with van der Waals surface area (Å²) < 4.78 is 0. The molecule has 0 saturated carbocycles. The first-order valence-corrected chi connectivity index (χ1v) is 5.81. The zero-order valence-corrected chi connectivity index (χ0v) is 9.97. The summed E-state index contributed by atoms with van der Waals surface area (Å²) in [7, 11) is 2.08. The molecule has 0 aliphatic rings. The topological polar surface area (TPSA) is 42.2 Å². The van der Waals surface area contributed by atoms with Gasteiger partial charge < -0.3 is 10.6 Å². The minimum Gasteiger partial charge on any atom is -0.351 e. The summed E-state index contributed by atoms with van der Waals surface area (Å²) in [6, 6.07) is 0. The van der Waals surface area contributed by atoms with Crippen molar-refractivity contribution in [2.75, 3.05) is 18.5 Å². The Bertz CT molecular complexity index is 270. The average Bonchev–Trinajstić information content (AvgIpc) is 2.62. The first-order chi connectivity index (χ1) is 6.63. The first kappa shape index (κ1) is 11.5. The fraction of sp³-hybridized carbons (Fsp3) is 0.700. The van der Waals surface area contributed by atoms with Crippen LogP contribution in [-0.2, 0) is 6.54 Å². The third kappa shape index (κ3) is 3.27. The summed E-state index contributed by atoms with van der Waals surface area (Å²) in [4.78, 5) is 7.68. The third-order valence-electron chi connectivity index (χ3n) is 2.11. The van der Waals surface area contributed by atoms with E-state index in [1.165, 1.54) is 6.42 Å². The molecular formula is C10H19N3S. The molecule has 2 N–H and O–H groups in total. The van der Waals surface area contributed by atoms with Gasteiger partial charge in [0.25, 0.3) is 0 Å². The third-order valence-corrected chi connectivity index (χ3v) is 3.24. The molecule has 0 radical (unpaired) electrons. The van der Waals surface area contributed by atoms with E-state index in [0.717, 1.165) is 22.5 Å². The normalized spacial score (nSPS) is 10.9. The van der Waals surface area contributed by atoms with Crippen molar-refractivity contribution >= 4 is 16.5 Å². The lowest BCUT2D eigenvalue weighted by atomic mass is 10.1. The van der Waals surface area contributed by atoms with Crippen LogP contribution in [0.3, 0.4) is 0 Å². The quantitative estimate of drug-likeness (QED) is 0.814. The lowest BCUT2D eigenvalue weighted by Gasteiger charge is -2.16. The largest absolute Gasteiger partial charge is 0.351 e. The van der Waals surface area contributed by atoms with Crippen molar-refractivity contribution in [1.82, 2.24) is 4.98 Å². The van der Waals surface area contributed by atoms with E-state index in [0.29, 0.717) is 6.54 Å². The monoisotopic (exact) mass is 213 g/mol. The van der Waals surface area contributed by atoms with Gasteiger partial charge in [-0.25, -0.2) is 4.98 Å². The number of nitrogens with zero attached hydrogens (tertiary/aromatic N) is 2. The van der Waals surface area contributed by atoms with Gasteiger partial charge in [0.1, 0.15) is 0 Å². The Balaban J connectivity index is 2.47.